The lowest BCUT2D eigenvalue weighted by Gasteiger charge is -2.34. The van der Waals surface area contributed by atoms with E-state index < -0.39 is 22.0 Å². The van der Waals surface area contributed by atoms with E-state index in [2.05, 4.69) is 4.74 Å². The second kappa shape index (κ2) is 7.00. The summed E-state index contributed by atoms with van der Waals surface area (Å²) in [5.41, 5.74) is 1.21. The van der Waals surface area contributed by atoms with E-state index in [1.165, 1.54) is 25.3 Å². The topological polar surface area (TPSA) is 80.8 Å². The first-order valence-electron chi connectivity index (χ1n) is 8.35. The minimum atomic E-state index is -3.84. The molecule has 0 aliphatic carbocycles. The highest BCUT2D eigenvalue weighted by Gasteiger charge is 2.40. The van der Waals surface area contributed by atoms with Crippen LogP contribution in [0, 0.1) is 0 Å². The molecule has 7 heteroatoms. The van der Waals surface area contributed by atoms with Gasteiger partial charge in [0.2, 0.25) is 5.78 Å². The van der Waals surface area contributed by atoms with Gasteiger partial charge in [0.15, 0.2) is 0 Å². The Hall–Kier alpha value is -2.93. The minimum Gasteiger partial charge on any atom is -0.465 e. The molecule has 0 N–H and O–H groups in total. The fourth-order valence-electron chi connectivity index (χ4n) is 3.03. The van der Waals surface area contributed by atoms with E-state index in [0.29, 0.717) is 11.1 Å². The zero-order chi connectivity index (χ0) is 19.8. The molecule has 0 radical (unpaired) electrons. The van der Waals surface area contributed by atoms with E-state index in [-0.39, 0.29) is 21.9 Å². The van der Waals surface area contributed by atoms with Gasteiger partial charge in [-0.2, -0.15) is 0 Å². The average Bonchev–Trinajstić information content (AvgIpc) is 2.65. The van der Waals surface area contributed by atoms with Crippen LogP contribution < -0.4 is 0 Å². The van der Waals surface area contributed by atoms with Crippen molar-refractivity contribution in [3.63, 3.8) is 0 Å². The van der Waals surface area contributed by atoms with Gasteiger partial charge in [0.05, 0.1) is 17.6 Å². The summed E-state index contributed by atoms with van der Waals surface area (Å²) in [5, 5.41) is 0. The fourth-order valence-corrected chi connectivity index (χ4v) is 4.88. The maximum atomic E-state index is 13.0. The van der Waals surface area contributed by atoms with Crippen molar-refractivity contribution in [2.24, 2.45) is 0 Å². The summed E-state index contributed by atoms with van der Waals surface area (Å²) < 4.78 is 31.9. The van der Waals surface area contributed by atoms with Gasteiger partial charge in [-0.3, -0.25) is 9.10 Å². The number of methoxy groups -OCH3 is 1. The first-order chi connectivity index (χ1) is 12.8. The van der Waals surface area contributed by atoms with E-state index in [1.807, 2.05) is 0 Å². The Bertz CT molecular complexity index is 1040. The number of fused-ring (bicyclic) bond motifs is 1. The van der Waals surface area contributed by atoms with Gasteiger partial charge < -0.3 is 4.74 Å². The molecule has 0 saturated heterocycles. The Morgan fingerprint density at radius 1 is 1.07 bits per heavy atom. The number of carbonyl (C=O) groups is 2. The van der Waals surface area contributed by atoms with Gasteiger partial charge in [0, 0.05) is 11.6 Å². The first kappa shape index (κ1) is 18.8. The molecule has 1 heterocycles. The molecule has 27 heavy (non-hydrogen) atoms. The van der Waals surface area contributed by atoms with Crippen LogP contribution in [-0.4, -0.2) is 37.6 Å². The smallest absolute Gasteiger partial charge is 0.337 e. The number of esters is 1. The lowest BCUT2D eigenvalue weighted by atomic mass is 10.0. The lowest BCUT2D eigenvalue weighted by molar-refractivity contribution is 0.0600. The van der Waals surface area contributed by atoms with Crippen LogP contribution in [0.1, 0.15) is 40.1 Å². The van der Waals surface area contributed by atoms with Crippen molar-refractivity contribution in [2.75, 3.05) is 7.11 Å². The minimum absolute atomic E-state index is 0.0156. The van der Waals surface area contributed by atoms with Crippen molar-refractivity contribution in [3.05, 3.63) is 70.9 Å². The lowest BCUT2D eigenvalue weighted by Crippen LogP contribution is -2.43. The molecule has 140 valence electrons. The van der Waals surface area contributed by atoms with Crippen molar-refractivity contribution in [3.8, 4) is 0 Å². The van der Waals surface area contributed by atoms with Gasteiger partial charge in [-0.25, -0.2) is 13.2 Å². The largest absolute Gasteiger partial charge is 0.465 e. The number of sulfonamides is 1. The SMILES string of the molecule is COC(=O)c1ccc(C=C2C(=O)c3ccccc3S(=O)(=O)N2C(C)C)cc1. The third-order valence-electron chi connectivity index (χ3n) is 4.24. The number of benzene rings is 2. The zero-order valence-electron chi connectivity index (χ0n) is 15.2. The third-order valence-corrected chi connectivity index (χ3v) is 6.29. The van der Waals surface area contributed by atoms with Crippen LogP contribution in [0.15, 0.2) is 59.1 Å². The molecular formula is C20H19NO5S. The van der Waals surface area contributed by atoms with Crippen LogP contribution in [-0.2, 0) is 14.8 Å². The van der Waals surface area contributed by atoms with Crippen molar-refractivity contribution in [1.82, 2.24) is 4.31 Å². The zero-order valence-corrected chi connectivity index (χ0v) is 16.0. The third kappa shape index (κ3) is 3.26. The van der Waals surface area contributed by atoms with Crippen LogP contribution in [0.25, 0.3) is 6.08 Å². The van der Waals surface area contributed by atoms with E-state index in [0.717, 1.165) is 4.31 Å². The summed E-state index contributed by atoms with van der Waals surface area (Å²) in [6.07, 6.45) is 1.52. The maximum absolute atomic E-state index is 13.0. The van der Waals surface area contributed by atoms with E-state index in [9.17, 15) is 18.0 Å². The van der Waals surface area contributed by atoms with E-state index >= 15 is 0 Å². The molecule has 2 aromatic carbocycles. The number of Topliss-reactive ketones (excluding diaryl/α,β-unsaturated/α-hetero) is 1. The fraction of sp³-hybridized carbons (Fsp3) is 0.200. The summed E-state index contributed by atoms with van der Waals surface area (Å²) in [6.45, 7) is 3.43. The summed E-state index contributed by atoms with van der Waals surface area (Å²) in [6, 6.07) is 12.2. The average molecular weight is 385 g/mol. The Kier molecular flexibility index (Phi) is 4.89. The number of carbonyl (C=O) groups excluding carboxylic acids is 2. The molecule has 0 atom stereocenters. The Balaban J connectivity index is 2.14. The number of ether oxygens (including phenoxy) is 1. The van der Waals surface area contributed by atoms with E-state index in [1.54, 1.807) is 50.2 Å². The molecule has 1 aliphatic rings. The highest BCUT2D eigenvalue weighted by atomic mass is 32.2. The number of hydrogen-bond donors (Lipinski definition) is 0. The molecule has 0 aromatic heterocycles. The Morgan fingerprint density at radius 3 is 2.30 bits per heavy atom. The van der Waals surface area contributed by atoms with Gasteiger partial charge in [0.1, 0.15) is 5.70 Å². The standard InChI is InChI=1S/C20H19NO5S/c1-13(2)21-17(12-14-8-10-15(11-9-14)20(23)26-3)19(22)16-6-4-5-7-18(16)27(21,24)25/h4-13H,1-3H3. The quantitative estimate of drug-likeness (QED) is 0.599. The van der Waals surface area contributed by atoms with Crippen LogP contribution in [0.5, 0.6) is 0 Å². The van der Waals surface area contributed by atoms with Crippen molar-refractivity contribution < 1.29 is 22.7 Å². The molecule has 0 fully saturated rings. The predicted molar refractivity (Wildman–Crippen MR) is 101 cm³/mol. The summed E-state index contributed by atoms with van der Waals surface area (Å²) >= 11 is 0. The number of rotatable bonds is 3. The molecule has 0 spiro atoms. The molecule has 6 nitrogen and oxygen atoms in total. The van der Waals surface area contributed by atoms with Crippen molar-refractivity contribution in [1.29, 1.82) is 0 Å². The number of nitrogens with zero attached hydrogens (tertiary/aromatic N) is 1. The molecule has 1 aliphatic heterocycles. The number of hydrogen-bond acceptors (Lipinski definition) is 5. The second-order valence-corrected chi connectivity index (χ2v) is 8.15. The first-order valence-corrected chi connectivity index (χ1v) is 9.79. The van der Waals surface area contributed by atoms with Crippen LogP contribution >= 0.6 is 0 Å². The normalized spacial score (nSPS) is 17.1. The van der Waals surface area contributed by atoms with Crippen LogP contribution in [0.3, 0.4) is 0 Å². The highest BCUT2D eigenvalue weighted by Crippen LogP contribution is 2.34. The Labute approximate surface area is 158 Å². The van der Waals surface area contributed by atoms with Crippen LogP contribution in [0.4, 0.5) is 0 Å². The predicted octanol–water partition coefficient (Wildman–Crippen LogP) is 3.11. The molecule has 0 unspecified atom stereocenters. The Morgan fingerprint density at radius 2 is 1.70 bits per heavy atom. The monoisotopic (exact) mass is 385 g/mol. The van der Waals surface area contributed by atoms with Gasteiger partial charge in [-0.05, 0) is 49.8 Å². The molecular weight excluding hydrogens is 366 g/mol. The summed E-state index contributed by atoms with van der Waals surface area (Å²) in [7, 11) is -2.55. The molecule has 0 saturated carbocycles. The van der Waals surface area contributed by atoms with Gasteiger partial charge in [0.25, 0.3) is 10.0 Å². The summed E-state index contributed by atoms with van der Waals surface area (Å²) in [5.74, 6) is -0.825. The molecule has 2 aromatic rings. The van der Waals surface area contributed by atoms with Gasteiger partial charge in [-0.1, -0.05) is 24.3 Å². The molecule has 0 amide bonds. The van der Waals surface area contributed by atoms with Crippen molar-refractivity contribution in [2.45, 2.75) is 24.8 Å². The van der Waals surface area contributed by atoms with Crippen molar-refractivity contribution >= 4 is 27.9 Å². The van der Waals surface area contributed by atoms with Gasteiger partial charge in [-0.15, -0.1) is 0 Å². The summed E-state index contributed by atoms with van der Waals surface area (Å²) in [4.78, 5) is 24.6. The maximum Gasteiger partial charge on any atom is 0.337 e. The molecule has 3 rings (SSSR count). The van der Waals surface area contributed by atoms with Crippen LogP contribution in [0.2, 0.25) is 0 Å². The van der Waals surface area contributed by atoms with Gasteiger partial charge >= 0.3 is 5.97 Å². The van der Waals surface area contributed by atoms with E-state index in [4.69, 9.17) is 0 Å². The molecule has 0 bridgehead atoms. The second-order valence-electron chi connectivity index (χ2n) is 6.36. The highest BCUT2D eigenvalue weighted by molar-refractivity contribution is 7.89. The number of allylic oxidation sites excluding steroid dienone is 1. The number of ketones is 1.